The van der Waals surface area contributed by atoms with Crippen molar-refractivity contribution in [3.63, 3.8) is 0 Å². The van der Waals surface area contributed by atoms with E-state index in [0.29, 0.717) is 48.4 Å². The summed E-state index contributed by atoms with van der Waals surface area (Å²) in [7, 11) is 1.52. The zero-order valence-corrected chi connectivity index (χ0v) is 14.9. The number of carbonyl (C=O) groups is 3. The molecule has 0 saturated carbocycles. The molecule has 2 heterocycles. The van der Waals surface area contributed by atoms with Gasteiger partial charge >= 0.3 is 11.9 Å². The first-order chi connectivity index (χ1) is 12.9. The standard InChI is InChI=1S/C18H21N3O6/c1-27-12-2-3-15-13(8-12)14(9-21(15)10-16(23)24)17(18(25)26)20-6-4-19(11-22)5-7-20/h2-3,8-9,11,17H,4-7,10H2,1H3,(H,23,24)(H,25,26). The Hall–Kier alpha value is -3.07. The van der Waals surface area contributed by atoms with E-state index in [1.807, 2.05) is 0 Å². The molecule has 9 heteroatoms. The summed E-state index contributed by atoms with van der Waals surface area (Å²) in [6, 6.07) is 4.22. The molecule has 0 bridgehead atoms. The summed E-state index contributed by atoms with van der Waals surface area (Å²) in [6.45, 7) is 1.47. The second-order valence-corrected chi connectivity index (χ2v) is 6.41. The molecule has 2 N–H and O–H groups in total. The van der Waals surface area contributed by atoms with Crippen LogP contribution in [0.1, 0.15) is 11.6 Å². The summed E-state index contributed by atoms with van der Waals surface area (Å²) < 4.78 is 6.78. The van der Waals surface area contributed by atoms with Gasteiger partial charge in [0.15, 0.2) is 0 Å². The number of amides is 1. The van der Waals surface area contributed by atoms with E-state index in [4.69, 9.17) is 4.74 Å². The van der Waals surface area contributed by atoms with E-state index < -0.39 is 18.0 Å². The third-order valence-corrected chi connectivity index (χ3v) is 4.82. The first-order valence-corrected chi connectivity index (χ1v) is 8.49. The van der Waals surface area contributed by atoms with Gasteiger partial charge in [-0.3, -0.25) is 19.3 Å². The minimum Gasteiger partial charge on any atom is -0.497 e. The number of ether oxygens (including phenoxy) is 1. The molecule has 1 unspecified atom stereocenters. The highest BCUT2D eigenvalue weighted by atomic mass is 16.5. The molecule has 27 heavy (non-hydrogen) atoms. The van der Waals surface area contributed by atoms with Gasteiger partial charge in [0, 0.05) is 48.8 Å². The lowest BCUT2D eigenvalue weighted by molar-refractivity contribution is -0.144. The van der Waals surface area contributed by atoms with Gasteiger partial charge in [-0.25, -0.2) is 0 Å². The maximum absolute atomic E-state index is 12.1. The lowest BCUT2D eigenvalue weighted by Gasteiger charge is -2.36. The van der Waals surface area contributed by atoms with Crippen molar-refractivity contribution in [3.8, 4) is 5.75 Å². The van der Waals surface area contributed by atoms with Gasteiger partial charge in [-0.15, -0.1) is 0 Å². The number of benzene rings is 1. The van der Waals surface area contributed by atoms with Crippen molar-refractivity contribution in [1.82, 2.24) is 14.4 Å². The van der Waals surface area contributed by atoms with E-state index >= 15 is 0 Å². The molecule has 3 rings (SSSR count). The Morgan fingerprint density at radius 2 is 1.93 bits per heavy atom. The van der Waals surface area contributed by atoms with Crippen LogP contribution in [0, 0.1) is 0 Å². The predicted octanol–water partition coefficient (Wildman–Crippen LogP) is 0.634. The molecule has 144 valence electrons. The molecule has 0 aliphatic carbocycles. The third kappa shape index (κ3) is 3.72. The van der Waals surface area contributed by atoms with Gasteiger partial charge in [0.1, 0.15) is 18.3 Å². The van der Waals surface area contributed by atoms with Crippen molar-refractivity contribution < 1.29 is 29.3 Å². The van der Waals surface area contributed by atoms with E-state index in [1.54, 1.807) is 34.2 Å². The van der Waals surface area contributed by atoms with Gasteiger partial charge in [0.2, 0.25) is 6.41 Å². The lowest BCUT2D eigenvalue weighted by Crippen LogP contribution is -2.48. The summed E-state index contributed by atoms with van der Waals surface area (Å²) >= 11 is 0. The van der Waals surface area contributed by atoms with Crippen molar-refractivity contribution in [2.75, 3.05) is 33.3 Å². The number of nitrogens with zero attached hydrogens (tertiary/aromatic N) is 3. The Bertz CT molecular complexity index is 869. The Morgan fingerprint density at radius 3 is 2.48 bits per heavy atom. The van der Waals surface area contributed by atoms with Crippen LogP contribution in [0.4, 0.5) is 0 Å². The van der Waals surface area contributed by atoms with E-state index in [9.17, 15) is 24.6 Å². The maximum atomic E-state index is 12.1. The molecule has 0 radical (unpaired) electrons. The highest BCUT2D eigenvalue weighted by Gasteiger charge is 2.32. The molecule has 1 fully saturated rings. The smallest absolute Gasteiger partial charge is 0.325 e. The van der Waals surface area contributed by atoms with Crippen molar-refractivity contribution in [1.29, 1.82) is 0 Å². The van der Waals surface area contributed by atoms with Gasteiger partial charge in [0.05, 0.1) is 7.11 Å². The molecule has 1 aromatic carbocycles. The number of carbonyl (C=O) groups excluding carboxylic acids is 1. The zero-order valence-electron chi connectivity index (χ0n) is 14.9. The number of carboxylic acid groups (broad SMARTS) is 2. The fourth-order valence-corrected chi connectivity index (χ4v) is 3.51. The van der Waals surface area contributed by atoms with Crippen molar-refractivity contribution >= 4 is 29.3 Å². The number of hydrogen-bond acceptors (Lipinski definition) is 5. The second-order valence-electron chi connectivity index (χ2n) is 6.41. The fourth-order valence-electron chi connectivity index (χ4n) is 3.51. The molecule has 1 aliphatic rings. The molecule has 1 aromatic heterocycles. The van der Waals surface area contributed by atoms with E-state index in [-0.39, 0.29) is 6.54 Å². The van der Waals surface area contributed by atoms with Crippen LogP contribution in [-0.2, 0) is 20.9 Å². The van der Waals surface area contributed by atoms with E-state index in [0.717, 1.165) is 6.41 Å². The van der Waals surface area contributed by atoms with Crippen LogP contribution in [0.5, 0.6) is 5.75 Å². The first-order valence-electron chi connectivity index (χ1n) is 8.49. The first kappa shape index (κ1) is 18.7. The number of methoxy groups -OCH3 is 1. The van der Waals surface area contributed by atoms with Crippen LogP contribution >= 0.6 is 0 Å². The molecule has 9 nitrogen and oxygen atoms in total. The van der Waals surface area contributed by atoms with Gasteiger partial charge in [-0.05, 0) is 18.2 Å². The summed E-state index contributed by atoms with van der Waals surface area (Å²) in [5.74, 6) is -1.47. The van der Waals surface area contributed by atoms with Crippen LogP contribution in [-0.4, -0.2) is 76.2 Å². The molecule has 1 amide bonds. The highest BCUT2D eigenvalue weighted by molar-refractivity contribution is 5.91. The molecular formula is C18H21N3O6. The van der Waals surface area contributed by atoms with Crippen LogP contribution < -0.4 is 4.74 Å². The van der Waals surface area contributed by atoms with Crippen LogP contribution in [0.2, 0.25) is 0 Å². The predicted molar refractivity (Wildman–Crippen MR) is 95.7 cm³/mol. The van der Waals surface area contributed by atoms with Gasteiger partial charge < -0.3 is 24.4 Å². The Balaban J connectivity index is 2.07. The summed E-state index contributed by atoms with van der Waals surface area (Å²) in [6.07, 6.45) is 2.35. The molecule has 1 atom stereocenters. The minimum absolute atomic E-state index is 0.270. The van der Waals surface area contributed by atoms with Crippen molar-refractivity contribution in [2.45, 2.75) is 12.6 Å². The number of piperazine rings is 1. The largest absolute Gasteiger partial charge is 0.497 e. The molecular weight excluding hydrogens is 354 g/mol. The van der Waals surface area contributed by atoms with E-state index in [1.165, 1.54) is 11.7 Å². The van der Waals surface area contributed by atoms with Gasteiger partial charge in [-0.2, -0.15) is 0 Å². The molecule has 1 saturated heterocycles. The average Bonchev–Trinajstić information content (AvgIpc) is 2.99. The minimum atomic E-state index is -1.02. The summed E-state index contributed by atoms with van der Waals surface area (Å²) in [5, 5.41) is 19.7. The van der Waals surface area contributed by atoms with Crippen LogP contribution in [0.25, 0.3) is 10.9 Å². The van der Waals surface area contributed by atoms with Crippen molar-refractivity contribution in [3.05, 3.63) is 30.0 Å². The molecule has 1 aliphatic heterocycles. The van der Waals surface area contributed by atoms with Gasteiger partial charge in [0.25, 0.3) is 0 Å². The number of fused-ring (bicyclic) bond motifs is 1. The summed E-state index contributed by atoms with van der Waals surface area (Å²) in [5.41, 5.74) is 1.14. The monoisotopic (exact) mass is 375 g/mol. The Morgan fingerprint density at radius 1 is 1.22 bits per heavy atom. The summed E-state index contributed by atoms with van der Waals surface area (Å²) in [4.78, 5) is 37.6. The highest BCUT2D eigenvalue weighted by Crippen LogP contribution is 2.33. The second kappa shape index (κ2) is 7.67. The average molecular weight is 375 g/mol. The van der Waals surface area contributed by atoms with E-state index in [2.05, 4.69) is 0 Å². The Kier molecular flexibility index (Phi) is 5.31. The maximum Gasteiger partial charge on any atom is 0.325 e. The Labute approximate surface area is 155 Å². The number of hydrogen-bond donors (Lipinski definition) is 2. The number of carboxylic acids is 2. The van der Waals surface area contributed by atoms with Crippen LogP contribution in [0.3, 0.4) is 0 Å². The topological polar surface area (TPSA) is 112 Å². The van der Waals surface area contributed by atoms with Crippen molar-refractivity contribution in [2.24, 2.45) is 0 Å². The number of aromatic nitrogens is 1. The molecule has 0 spiro atoms. The lowest BCUT2D eigenvalue weighted by atomic mass is 10.0. The number of rotatable bonds is 7. The number of aliphatic carboxylic acids is 2. The fraction of sp³-hybridized carbons (Fsp3) is 0.389. The molecule has 2 aromatic rings. The van der Waals surface area contributed by atoms with Crippen LogP contribution in [0.15, 0.2) is 24.4 Å². The normalized spacial score (nSPS) is 16.3. The quantitative estimate of drug-likeness (QED) is 0.683. The third-order valence-electron chi connectivity index (χ3n) is 4.82. The zero-order chi connectivity index (χ0) is 19.6. The SMILES string of the molecule is COc1ccc2c(c1)c(C(C(=O)O)N1CCN(C=O)CC1)cn2CC(=O)O. The van der Waals surface area contributed by atoms with Gasteiger partial charge in [-0.1, -0.05) is 0 Å².